The number of alkyl halides is 2. The minimum absolute atomic E-state index is 0.295. The van der Waals surface area contributed by atoms with E-state index in [2.05, 4.69) is 6.92 Å². The third kappa shape index (κ3) is 1.93. The van der Waals surface area contributed by atoms with Gasteiger partial charge in [0, 0.05) is 5.92 Å². The van der Waals surface area contributed by atoms with Crippen LogP contribution in [0.5, 0.6) is 0 Å². The molecular weight excluding hydrogens is 134 g/mol. The van der Waals surface area contributed by atoms with Crippen molar-refractivity contribution in [3.05, 3.63) is 0 Å². The Morgan fingerprint density at radius 2 is 1.60 bits per heavy atom. The molecule has 0 saturated heterocycles. The van der Waals surface area contributed by atoms with Crippen molar-refractivity contribution in [1.29, 1.82) is 0 Å². The molecule has 0 aliphatic heterocycles. The summed E-state index contributed by atoms with van der Waals surface area (Å²) in [5.74, 6) is 0.381. The van der Waals surface area contributed by atoms with E-state index in [0.29, 0.717) is 5.92 Å². The molecule has 0 N–H and O–H groups in total. The third-order valence-electron chi connectivity index (χ3n) is 2.42. The Hall–Kier alpha value is -0.140. The van der Waals surface area contributed by atoms with Crippen LogP contribution in [0.2, 0.25) is 0 Å². The molecule has 0 amide bonds. The van der Waals surface area contributed by atoms with E-state index in [1.54, 1.807) is 0 Å². The third-order valence-corrected chi connectivity index (χ3v) is 2.42. The lowest BCUT2D eigenvalue weighted by atomic mass is 9.83. The minimum atomic E-state index is -2.08. The van der Waals surface area contributed by atoms with Gasteiger partial charge in [-0.15, -0.1) is 0 Å². The second kappa shape index (κ2) is 3.31. The highest BCUT2D eigenvalue weighted by Crippen LogP contribution is 2.31. The number of rotatable bonds is 1. The van der Waals surface area contributed by atoms with Crippen LogP contribution in [0.4, 0.5) is 8.78 Å². The maximum Gasteiger partial charge on any atom is 0.241 e. The molecule has 1 aliphatic carbocycles. The average molecular weight is 148 g/mol. The van der Waals surface area contributed by atoms with E-state index in [1.807, 2.05) is 0 Å². The van der Waals surface area contributed by atoms with Crippen molar-refractivity contribution in [2.45, 2.75) is 39.0 Å². The molecule has 0 atom stereocenters. The fraction of sp³-hybridized carbons (Fsp3) is 1.00. The summed E-state index contributed by atoms with van der Waals surface area (Å²) >= 11 is 0. The molecule has 0 unspecified atom stereocenters. The first-order chi connectivity index (χ1) is 4.70. The van der Waals surface area contributed by atoms with Crippen LogP contribution >= 0.6 is 0 Å². The summed E-state index contributed by atoms with van der Waals surface area (Å²) < 4.78 is 24.1. The molecule has 0 spiro atoms. The van der Waals surface area contributed by atoms with Crippen molar-refractivity contribution in [2.75, 3.05) is 0 Å². The molecule has 1 fully saturated rings. The van der Waals surface area contributed by atoms with Crippen molar-refractivity contribution in [3.8, 4) is 0 Å². The first-order valence-electron chi connectivity index (χ1n) is 3.98. The molecule has 0 radical (unpaired) electrons. The molecule has 0 bridgehead atoms. The predicted molar refractivity (Wildman–Crippen MR) is 37.1 cm³/mol. The summed E-state index contributed by atoms with van der Waals surface area (Å²) in [5, 5.41) is 0. The largest absolute Gasteiger partial charge is 0.241 e. The molecule has 0 aromatic rings. The van der Waals surface area contributed by atoms with Crippen molar-refractivity contribution >= 4 is 0 Å². The molecule has 10 heavy (non-hydrogen) atoms. The molecule has 0 heterocycles. The summed E-state index contributed by atoms with van der Waals surface area (Å²) in [5.41, 5.74) is 0. The Kier molecular flexibility index (Phi) is 2.64. The summed E-state index contributed by atoms with van der Waals surface area (Å²) in [4.78, 5) is 0. The second-order valence-electron chi connectivity index (χ2n) is 3.35. The quantitative estimate of drug-likeness (QED) is 0.536. The van der Waals surface area contributed by atoms with Crippen molar-refractivity contribution in [1.82, 2.24) is 0 Å². The maximum absolute atomic E-state index is 12.0. The van der Waals surface area contributed by atoms with Gasteiger partial charge in [0.25, 0.3) is 0 Å². The van der Waals surface area contributed by atoms with Crippen LogP contribution in [0.15, 0.2) is 0 Å². The van der Waals surface area contributed by atoms with Gasteiger partial charge in [0.1, 0.15) is 0 Å². The molecule has 0 aromatic carbocycles. The van der Waals surface area contributed by atoms with Gasteiger partial charge in [0.2, 0.25) is 6.43 Å². The Morgan fingerprint density at radius 3 is 2.00 bits per heavy atom. The fourth-order valence-corrected chi connectivity index (χ4v) is 1.54. The molecule has 2 heteroatoms. The van der Waals surface area contributed by atoms with Crippen molar-refractivity contribution in [3.63, 3.8) is 0 Å². The molecule has 1 aliphatic rings. The number of hydrogen-bond donors (Lipinski definition) is 0. The van der Waals surface area contributed by atoms with Crippen molar-refractivity contribution in [2.24, 2.45) is 11.8 Å². The number of halogens is 2. The summed E-state index contributed by atoms with van der Waals surface area (Å²) in [6, 6.07) is 0. The van der Waals surface area contributed by atoms with E-state index in [9.17, 15) is 8.78 Å². The predicted octanol–water partition coefficient (Wildman–Crippen LogP) is 3.08. The van der Waals surface area contributed by atoms with E-state index in [1.165, 1.54) is 0 Å². The van der Waals surface area contributed by atoms with E-state index >= 15 is 0 Å². The molecule has 0 nitrogen and oxygen atoms in total. The van der Waals surface area contributed by atoms with Gasteiger partial charge in [-0.25, -0.2) is 8.78 Å². The molecule has 60 valence electrons. The normalized spacial score (nSPS) is 34.8. The van der Waals surface area contributed by atoms with Gasteiger partial charge in [0.15, 0.2) is 0 Å². The highest BCUT2D eigenvalue weighted by molar-refractivity contribution is 4.71. The number of hydrogen-bond acceptors (Lipinski definition) is 0. The summed E-state index contributed by atoms with van der Waals surface area (Å²) in [6.07, 6.45) is 1.38. The molecule has 1 saturated carbocycles. The first-order valence-corrected chi connectivity index (χ1v) is 3.98. The molecule has 1 rings (SSSR count). The Bertz CT molecular complexity index is 93.4. The Labute approximate surface area is 60.6 Å². The summed E-state index contributed by atoms with van der Waals surface area (Å²) in [6.45, 7) is 2.14. The van der Waals surface area contributed by atoms with Crippen LogP contribution in [-0.4, -0.2) is 6.43 Å². The van der Waals surface area contributed by atoms with Gasteiger partial charge in [-0.05, 0) is 18.8 Å². The van der Waals surface area contributed by atoms with E-state index in [-0.39, 0.29) is 5.92 Å². The monoisotopic (exact) mass is 148 g/mol. The van der Waals surface area contributed by atoms with Gasteiger partial charge in [-0.1, -0.05) is 19.8 Å². The smallest absolute Gasteiger partial charge is 0.210 e. The standard InChI is InChI=1S/C8H14F2/c1-6-2-4-7(5-3-6)8(9)10/h6-8H,2-5H2,1H3/t6-,7-. The lowest BCUT2D eigenvalue weighted by Crippen LogP contribution is -2.18. The van der Waals surface area contributed by atoms with Crippen molar-refractivity contribution < 1.29 is 8.78 Å². The van der Waals surface area contributed by atoms with E-state index in [4.69, 9.17) is 0 Å². The lowest BCUT2D eigenvalue weighted by Gasteiger charge is -2.25. The van der Waals surface area contributed by atoms with Gasteiger partial charge in [-0.2, -0.15) is 0 Å². The zero-order valence-corrected chi connectivity index (χ0v) is 6.32. The zero-order valence-electron chi connectivity index (χ0n) is 6.32. The van der Waals surface area contributed by atoms with Crippen LogP contribution in [0.1, 0.15) is 32.6 Å². The average Bonchev–Trinajstić information content (AvgIpc) is 1.88. The molecule has 0 aromatic heterocycles. The minimum Gasteiger partial charge on any atom is -0.210 e. The Morgan fingerprint density at radius 1 is 1.10 bits per heavy atom. The van der Waals surface area contributed by atoms with Gasteiger partial charge >= 0.3 is 0 Å². The van der Waals surface area contributed by atoms with Crippen LogP contribution in [-0.2, 0) is 0 Å². The topological polar surface area (TPSA) is 0 Å². The van der Waals surface area contributed by atoms with Gasteiger partial charge < -0.3 is 0 Å². The second-order valence-corrected chi connectivity index (χ2v) is 3.35. The first kappa shape index (κ1) is 7.96. The van der Waals surface area contributed by atoms with Crippen LogP contribution in [0.3, 0.4) is 0 Å². The van der Waals surface area contributed by atoms with E-state index in [0.717, 1.165) is 25.7 Å². The highest BCUT2D eigenvalue weighted by Gasteiger charge is 2.24. The van der Waals surface area contributed by atoms with E-state index < -0.39 is 6.43 Å². The van der Waals surface area contributed by atoms with Crippen LogP contribution < -0.4 is 0 Å². The highest BCUT2D eigenvalue weighted by atomic mass is 19.3. The van der Waals surface area contributed by atoms with Gasteiger partial charge in [-0.3, -0.25) is 0 Å². The molecular formula is C8H14F2. The van der Waals surface area contributed by atoms with Crippen LogP contribution in [0.25, 0.3) is 0 Å². The Balaban J connectivity index is 2.26. The maximum atomic E-state index is 12.0. The lowest BCUT2D eigenvalue weighted by molar-refractivity contribution is 0.0484. The SMILES string of the molecule is C[C@H]1CC[C@H](C(F)F)CC1. The summed E-state index contributed by atoms with van der Waals surface area (Å²) in [7, 11) is 0. The fourth-order valence-electron chi connectivity index (χ4n) is 1.54. The zero-order chi connectivity index (χ0) is 7.56. The van der Waals surface area contributed by atoms with Crippen LogP contribution in [0, 0.1) is 11.8 Å². The van der Waals surface area contributed by atoms with Gasteiger partial charge in [0.05, 0.1) is 0 Å².